The maximum Gasteiger partial charge on any atom is 0.417 e. The van der Waals surface area contributed by atoms with Crippen LogP contribution in [-0.4, -0.2) is 18.2 Å². The predicted molar refractivity (Wildman–Crippen MR) is 64.8 cm³/mol. The van der Waals surface area contributed by atoms with Gasteiger partial charge in [0.1, 0.15) is 6.04 Å². The van der Waals surface area contributed by atoms with E-state index in [0.29, 0.717) is 6.42 Å². The van der Waals surface area contributed by atoms with E-state index in [9.17, 15) is 18.0 Å². The van der Waals surface area contributed by atoms with Gasteiger partial charge in [0, 0.05) is 18.3 Å². The Hall–Kier alpha value is -2.56. The number of carbonyl (C=O) groups is 1. The molecule has 0 fully saturated rings. The lowest BCUT2D eigenvalue weighted by Gasteiger charge is -2.13. The molecule has 104 valence electrons. The molecule has 2 N–H and O–H groups in total. The molecule has 1 unspecified atom stereocenters. The zero-order valence-electron chi connectivity index (χ0n) is 10.0. The van der Waals surface area contributed by atoms with Gasteiger partial charge in [0.25, 0.3) is 0 Å². The van der Waals surface area contributed by atoms with Gasteiger partial charge in [-0.05, 0) is 18.2 Å². The van der Waals surface area contributed by atoms with E-state index >= 15 is 0 Å². The van der Waals surface area contributed by atoms with Gasteiger partial charge >= 0.3 is 6.18 Å². The first-order chi connectivity index (χ1) is 9.41. The largest absolute Gasteiger partial charge is 0.417 e. The average Bonchev–Trinajstić information content (AvgIpc) is 2.91. The molecule has 2 rings (SSSR count). The number of halogens is 3. The Morgan fingerprint density at radius 1 is 1.50 bits per heavy atom. The highest BCUT2D eigenvalue weighted by Gasteiger charge is 2.34. The minimum Gasteiger partial charge on any atom is -0.324 e. The Balaban J connectivity index is 2.21. The second-order valence-corrected chi connectivity index (χ2v) is 4.09. The van der Waals surface area contributed by atoms with E-state index in [1.807, 2.05) is 0 Å². The first kappa shape index (κ1) is 13.9. The smallest absolute Gasteiger partial charge is 0.324 e. The number of hydrogen-bond acceptors (Lipinski definition) is 4. The number of hydrogen-bond donors (Lipinski definition) is 2. The number of hydrazone groups is 1. The van der Waals surface area contributed by atoms with E-state index < -0.39 is 29.3 Å². The molecule has 0 spiro atoms. The number of amides is 1. The number of benzene rings is 1. The van der Waals surface area contributed by atoms with Gasteiger partial charge in [-0.3, -0.25) is 10.2 Å². The molecule has 0 radical (unpaired) electrons. The molecule has 1 atom stereocenters. The van der Waals surface area contributed by atoms with Crippen LogP contribution in [0.25, 0.3) is 0 Å². The van der Waals surface area contributed by atoms with Crippen molar-refractivity contribution in [1.29, 1.82) is 5.26 Å². The molecule has 0 aliphatic carbocycles. The Labute approximate surface area is 112 Å². The maximum absolute atomic E-state index is 12.8. The van der Waals surface area contributed by atoms with Crippen LogP contribution < -0.4 is 10.7 Å². The molecule has 5 nitrogen and oxygen atoms in total. The van der Waals surface area contributed by atoms with E-state index in [-0.39, 0.29) is 5.69 Å². The van der Waals surface area contributed by atoms with Gasteiger partial charge in [0.2, 0.25) is 5.91 Å². The molecule has 1 aliphatic heterocycles. The van der Waals surface area contributed by atoms with Crippen LogP contribution in [0.4, 0.5) is 18.9 Å². The summed E-state index contributed by atoms with van der Waals surface area (Å²) in [5.74, 6) is -0.486. The van der Waals surface area contributed by atoms with Crippen LogP contribution in [-0.2, 0) is 11.0 Å². The number of nitrogens with one attached hydrogen (secondary N) is 2. The summed E-state index contributed by atoms with van der Waals surface area (Å²) >= 11 is 0. The summed E-state index contributed by atoms with van der Waals surface area (Å²) in [5.41, 5.74) is 0.945. The average molecular weight is 282 g/mol. The van der Waals surface area contributed by atoms with E-state index in [4.69, 9.17) is 5.26 Å². The molecule has 8 heteroatoms. The van der Waals surface area contributed by atoms with Gasteiger partial charge in [-0.25, -0.2) is 0 Å². The van der Waals surface area contributed by atoms with Crippen molar-refractivity contribution >= 4 is 17.8 Å². The quantitative estimate of drug-likeness (QED) is 0.869. The van der Waals surface area contributed by atoms with Crippen LogP contribution in [0.2, 0.25) is 0 Å². The molecule has 1 aromatic rings. The number of nitriles is 1. The summed E-state index contributed by atoms with van der Waals surface area (Å²) in [4.78, 5) is 11.7. The van der Waals surface area contributed by atoms with Crippen molar-refractivity contribution in [3.8, 4) is 6.07 Å². The predicted octanol–water partition coefficient (Wildman–Crippen LogP) is 1.86. The molecular weight excluding hydrogens is 273 g/mol. The molecule has 20 heavy (non-hydrogen) atoms. The van der Waals surface area contributed by atoms with Crippen LogP contribution >= 0.6 is 0 Å². The molecular formula is C12H9F3N4O. The molecule has 0 bridgehead atoms. The molecule has 0 aromatic heterocycles. The van der Waals surface area contributed by atoms with Crippen LogP contribution in [0.15, 0.2) is 23.3 Å². The van der Waals surface area contributed by atoms with Gasteiger partial charge in [-0.2, -0.15) is 23.5 Å². The Bertz CT molecular complexity index is 596. The number of alkyl halides is 3. The monoisotopic (exact) mass is 282 g/mol. The Morgan fingerprint density at radius 2 is 2.25 bits per heavy atom. The van der Waals surface area contributed by atoms with Crippen molar-refractivity contribution in [3.63, 3.8) is 0 Å². The standard InChI is InChI=1S/C12H9F3N4O/c13-12(14,15)9-5-8(2-1-7(9)6-16)18-11(20)10-3-4-17-19-10/h1-2,4-5,10,19H,3H2,(H,18,20). The van der Waals surface area contributed by atoms with E-state index in [2.05, 4.69) is 15.8 Å². The third-order valence-electron chi connectivity index (χ3n) is 2.69. The summed E-state index contributed by atoms with van der Waals surface area (Å²) in [5, 5.41) is 14.7. The van der Waals surface area contributed by atoms with Gasteiger partial charge in [0.05, 0.1) is 17.2 Å². The summed E-state index contributed by atoms with van der Waals surface area (Å²) in [7, 11) is 0. The van der Waals surface area contributed by atoms with Crippen molar-refractivity contribution in [2.24, 2.45) is 5.10 Å². The highest BCUT2D eigenvalue weighted by atomic mass is 19.4. The highest BCUT2D eigenvalue weighted by Crippen LogP contribution is 2.33. The topological polar surface area (TPSA) is 77.3 Å². The Morgan fingerprint density at radius 3 is 2.80 bits per heavy atom. The molecule has 1 aliphatic rings. The first-order valence-electron chi connectivity index (χ1n) is 5.61. The van der Waals surface area contributed by atoms with Crippen molar-refractivity contribution in [1.82, 2.24) is 5.43 Å². The van der Waals surface area contributed by atoms with E-state index in [0.717, 1.165) is 12.1 Å². The van der Waals surface area contributed by atoms with Gasteiger partial charge in [-0.15, -0.1) is 0 Å². The lowest BCUT2D eigenvalue weighted by Crippen LogP contribution is -2.34. The van der Waals surface area contributed by atoms with Crippen LogP contribution in [0.3, 0.4) is 0 Å². The molecule has 0 saturated heterocycles. The van der Waals surface area contributed by atoms with Gasteiger partial charge < -0.3 is 5.32 Å². The summed E-state index contributed by atoms with van der Waals surface area (Å²) in [6.45, 7) is 0. The van der Waals surface area contributed by atoms with E-state index in [1.54, 1.807) is 0 Å². The van der Waals surface area contributed by atoms with E-state index in [1.165, 1.54) is 18.4 Å². The minimum absolute atomic E-state index is 0.0185. The van der Waals surface area contributed by atoms with Crippen molar-refractivity contribution in [2.45, 2.75) is 18.6 Å². The lowest BCUT2D eigenvalue weighted by atomic mass is 10.1. The van der Waals surface area contributed by atoms with Crippen molar-refractivity contribution in [2.75, 3.05) is 5.32 Å². The van der Waals surface area contributed by atoms with Crippen molar-refractivity contribution < 1.29 is 18.0 Å². The fourth-order valence-corrected chi connectivity index (χ4v) is 1.70. The van der Waals surface area contributed by atoms with Gasteiger partial charge in [0.15, 0.2) is 0 Å². The third-order valence-corrected chi connectivity index (χ3v) is 2.69. The minimum atomic E-state index is -4.65. The fraction of sp³-hybridized carbons (Fsp3) is 0.250. The molecule has 1 aromatic carbocycles. The molecule has 0 saturated carbocycles. The summed E-state index contributed by atoms with van der Waals surface area (Å²) < 4.78 is 38.3. The van der Waals surface area contributed by atoms with Crippen LogP contribution in [0.1, 0.15) is 17.5 Å². The SMILES string of the molecule is N#Cc1ccc(NC(=O)C2CC=NN2)cc1C(F)(F)F. The number of carbonyl (C=O) groups excluding carboxylic acids is 1. The first-order valence-corrected chi connectivity index (χ1v) is 5.61. The molecule has 1 amide bonds. The maximum atomic E-state index is 12.8. The fourth-order valence-electron chi connectivity index (χ4n) is 1.70. The number of anilines is 1. The highest BCUT2D eigenvalue weighted by molar-refractivity contribution is 5.97. The third kappa shape index (κ3) is 2.88. The zero-order valence-corrected chi connectivity index (χ0v) is 10.0. The van der Waals surface area contributed by atoms with Crippen LogP contribution in [0, 0.1) is 11.3 Å². The summed E-state index contributed by atoms with van der Waals surface area (Å²) in [6.07, 6.45) is -2.78. The Kier molecular flexibility index (Phi) is 3.61. The normalized spacial score (nSPS) is 17.4. The molecule has 1 heterocycles. The second-order valence-electron chi connectivity index (χ2n) is 4.09. The second kappa shape index (κ2) is 5.21. The van der Waals surface area contributed by atoms with Crippen LogP contribution in [0.5, 0.6) is 0 Å². The number of rotatable bonds is 2. The summed E-state index contributed by atoms with van der Waals surface area (Å²) in [6, 6.07) is 3.89. The lowest BCUT2D eigenvalue weighted by molar-refractivity contribution is -0.137. The number of nitrogens with zero attached hydrogens (tertiary/aromatic N) is 2. The zero-order chi connectivity index (χ0) is 14.8. The van der Waals surface area contributed by atoms with Gasteiger partial charge in [-0.1, -0.05) is 0 Å². The van der Waals surface area contributed by atoms with Crippen molar-refractivity contribution in [3.05, 3.63) is 29.3 Å².